The van der Waals surface area contributed by atoms with E-state index in [1.165, 1.54) is 16.7 Å². The molecule has 110 valence electrons. The molecule has 2 rings (SSSR count). The highest BCUT2D eigenvalue weighted by Gasteiger charge is 2.31. The van der Waals surface area contributed by atoms with Crippen LogP contribution in [0.25, 0.3) is 0 Å². The second-order valence-corrected chi connectivity index (χ2v) is 6.00. The van der Waals surface area contributed by atoms with E-state index < -0.39 is 0 Å². The molecule has 1 fully saturated rings. The van der Waals surface area contributed by atoms with Crippen LogP contribution in [0.4, 0.5) is 0 Å². The molecule has 1 aromatic carbocycles. The first-order chi connectivity index (χ1) is 9.61. The molecule has 1 amide bonds. The quantitative estimate of drug-likeness (QED) is 0.866. The lowest BCUT2D eigenvalue weighted by Crippen LogP contribution is -2.36. The minimum Gasteiger partial charge on any atom is -0.356 e. The molecule has 1 aliphatic carbocycles. The molecular formula is C17H26N2O. The molecule has 1 saturated carbocycles. The van der Waals surface area contributed by atoms with Crippen LogP contribution in [0.15, 0.2) is 18.2 Å². The second-order valence-electron chi connectivity index (χ2n) is 6.00. The van der Waals surface area contributed by atoms with Gasteiger partial charge in [0.2, 0.25) is 5.91 Å². The summed E-state index contributed by atoms with van der Waals surface area (Å²) in [5.74, 6) is 0.720. The first kappa shape index (κ1) is 15.0. The Bertz CT molecular complexity index is 470. The maximum Gasteiger partial charge on any atom is 0.223 e. The van der Waals surface area contributed by atoms with E-state index in [2.05, 4.69) is 37.4 Å². The number of aryl methyl sites for hydroxylation is 2. The number of hydrogen-bond donors (Lipinski definition) is 2. The zero-order chi connectivity index (χ0) is 14.5. The first-order valence-electron chi connectivity index (χ1n) is 7.65. The molecule has 1 aromatic rings. The maximum absolute atomic E-state index is 12.2. The Hall–Kier alpha value is -1.35. The summed E-state index contributed by atoms with van der Waals surface area (Å²) in [5, 5.41) is 3.08. The average molecular weight is 274 g/mol. The molecule has 0 bridgehead atoms. The van der Waals surface area contributed by atoms with Gasteiger partial charge in [0.1, 0.15) is 0 Å². The Labute approximate surface area is 121 Å². The van der Waals surface area contributed by atoms with Crippen LogP contribution in [0, 0.1) is 25.7 Å². The Balaban J connectivity index is 1.82. The van der Waals surface area contributed by atoms with Crippen molar-refractivity contribution < 1.29 is 4.79 Å². The van der Waals surface area contributed by atoms with E-state index in [9.17, 15) is 4.79 Å². The van der Waals surface area contributed by atoms with Gasteiger partial charge in [-0.15, -0.1) is 0 Å². The van der Waals surface area contributed by atoms with E-state index in [-0.39, 0.29) is 11.8 Å². The third kappa shape index (κ3) is 3.60. The van der Waals surface area contributed by atoms with Gasteiger partial charge in [-0.25, -0.2) is 0 Å². The number of nitrogens with two attached hydrogens (primary N) is 1. The Morgan fingerprint density at radius 2 is 2.15 bits per heavy atom. The number of carbonyl (C=O) groups excluding carboxylic acids is 1. The van der Waals surface area contributed by atoms with Gasteiger partial charge in [-0.1, -0.05) is 30.2 Å². The van der Waals surface area contributed by atoms with Crippen molar-refractivity contribution in [3.05, 3.63) is 34.9 Å². The molecular weight excluding hydrogens is 248 g/mol. The lowest BCUT2D eigenvalue weighted by atomic mass is 9.95. The maximum atomic E-state index is 12.2. The molecule has 0 heterocycles. The monoisotopic (exact) mass is 274 g/mol. The molecule has 2 atom stereocenters. The fraction of sp³-hybridized carbons (Fsp3) is 0.588. The van der Waals surface area contributed by atoms with Crippen molar-refractivity contribution in [1.82, 2.24) is 5.32 Å². The van der Waals surface area contributed by atoms with Crippen molar-refractivity contribution in [2.24, 2.45) is 17.6 Å². The number of amides is 1. The average Bonchev–Trinajstić information content (AvgIpc) is 2.89. The summed E-state index contributed by atoms with van der Waals surface area (Å²) in [6, 6.07) is 6.49. The highest BCUT2D eigenvalue weighted by molar-refractivity contribution is 5.79. The lowest BCUT2D eigenvalue weighted by Gasteiger charge is -2.17. The lowest BCUT2D eigenvalue weighted by molar-refractivity contribution is -0.125. The smallest absolute Gasteiger partial charge is 0.223 e. The van der Waals surface area contributed by atoms with Crippen LogP contribution < -0.4 is 11.1 Å². The molecule has 0 unspecified atom stereocenters. The predicted octanol–water partition coefficient (Wildman–Crippen LogP) is 2.34. The first-order valence-corrected chi connectivity index (χ1v) is 7.65. The van der Waals surface area contributed by atoms with Crippen molar-refractivity contribution >= 4 is 5.91 Å². The van der Waals surface area contributed by atoms with Crippen LogP contribution in [-0.4, -0.2) is 19.0 Å². The zero-order valence-corrected chi connectivity index (χ0v) is 12.6. The topological polar surface area (TPSA) is 55.1 Å². The van der Waals surface area contributed by atoms with Gasteiger partial charge in [-0.05, 0) is 56.7 Å². The van der Waals surface area contributed by atoms with E-state index in [0.29, 0.717) is 12.5 Å². The van der Waals surface area contributed by atoms with E-state index in [1.54, 1.807) is 0 Å². The van der Waals surface area contributed by atoms with Crippen LogP contribution in [-0.2, 0) is 11.2 Å². The van der Waals surface area contributed by atoms with E-state index in [4.69, 9.17) is 5.73 Å². The van der Waals surface area contributed by atoms with Crippen molar-refractivity contribution in [3.63, 3.8) is 0 Å². The van der Waals surface area contributed by atoms with Gasteiger partial charge >= 0.3 is 0 Å². The third-order valence-corrected chi connectivity index (χ3v) is 4.49. The summed E-state index contributed by atoms with van der Waals surface area (Å²) < 4.78 is 0. The molecule has 0 saturated heterocycles. The summed E-state index contributed by atoms with van der Waals surface area (Å²) in [6.07, 6.45) is 4.14. The Kier molecular flexibility index (Phi) is 5.18. The standard InChI is InChI=1S/C17H26N2O/c1-12-6-7-14(13(2)10-12)8-9-19-17(20)16-5-3-4-15(16)11-18/h6-7,10,15-16H,3-5,8-9,11,18H2,1-2H3,(H,19,20)/t15-,16-/m1/s1. The molecule has 3 heteroatoms. The van der Waals surface area contributed by atoms with Gasteiger partial charge in [0.25, 0.3) is 0 Å². The van der Waals surface area contributed by atoms with Crippen LogP contribution in [0.1, 0.15) is 36.0 Å². The summed E-state index contributed by atoms with van der Waals surface area (Å²) in [7, 11) is 0. The zero-order valence-electron chi connectivity index (χ0n) is 12.6. The number of rotatable bonds is 5. The number of hydrogen-bond acceptors (Lipinski definition) is 2. The van der Waals surface area contributed by atoms with E-state index >= 15 is 0 Å². The SMILES string of the molecule is Cc1ccc(CCNC(=O)[C@@H]2CCC[C@@H]2CN)c(C)c1. The Morgan fingerprint density at radius 3 is 2.85 bits per heavy atom. The largest absolute Gasteiger partial charge is 0.356 e. The fourth-order valence-corrected chi connectivity index (χ4v) is 3.24. The highest BCUT2D eigenvalue weighted by Crippen LogP contribution is 2.30. The minimum absolute atomic E-state index is 0.138. The second kappa shape index (κ2) is 6.89. The van der Waals surface area contributed by atoms with Crippen LogP contribution >= 0.6 is 0 Å². The molecule has 3 nitrogen and oxygen atoms in total. The minimum atomic E-state index is 0.138. The van der Waals surface area contributed by atoms with Gasteiger partial charge in [0, 0.05) is 12.5 Å². The normalized spacial score (nSPS) is 21.9. The van der Waals surface area contributed by atoms with Crippen molar-refractivity contribution in [1.29, 1.82) is 0 Å². The van der Waals surface area contributed by atoms with E-state index in [0.717, 1.165) is 32.2 Å². The number of nitrogens with one attached hydrogen (secondary N) is 1. The van der Waals surface area contributed by atoms with Gasteiger partial charge in [0.05, 0.1) is 0 Å². The fourth-order valence-electron chi connectivity index (χ4n) is 3.24. The van der Waals surface area contributed by atoms with Crippen molar-refractivity contribution in [3.8, 4) is 0 Å². The highest BCUT2D eigenvalue weighted by atomic mass is 16.1. The number of carbonyl (C=O) groups is 1. The molecule has 1 aliphatic rings. The molecule has 20 heavy (non-hydrogen) atoms. The summed E-state index contributed by atoms with van der Waals surface area (Å²) in [6.45, 7) is 5.59. The summed E-state index contributed by atoms with van der Waals surface area (Å²) >= 11 is 0. The third-order valence-electron chi connectivity index (χ3n) is 4.49. The molecule has 0 radical (unpaired) electrons. The molecule has 3 N–H and O–H groups in total. The summed E-state index contributed by atoms with van der Waals surface area (Å²) in [5.41, 5.74) is 9.64. The van der Waals surface area contributed by atoms with Crippen LogP contribution in [0.3, 0.4) is 0 Å². The van der Waals surface area contributed by atoms with Crippen molar-refractivity contribution in [2.45, 2.75) is 39.5 Å². The predicted molar refractivity (Wildman–Crippen MR) is 82.5 cm³/mol. The van der Waals surface area contributed by atoms with Crippen LogP contribution in [0.2, 0.25) is 0 Å². The van der Waals surface area contributed by atoms with Crippen LogP contribution in [0.5, 0.6) is 0 Å². The molecule has 0 spiro atoms. The van der Waals surface area contributed by atoms with Gasteiger partial charge in [0.15, 0.2) is 0 Å². The molecule has 0 aliphatic heterocycles. The van der Waals surface area contributed by atoms with E-state index in [1.807, 2.05) is 0 Å². The molecule has 0 aromatic heterocycles. The Morgan fingerprint density at radius 1 is 1.35 bits per heavy atom. The van der Waals surface area contributed by atoms with Gasteiger partial charge in [-0.3, -0.25) is 4.79 Å². The number of benzene rings is 1. The van der Waals surface area contributed by atoms with Gasteiger partial charge < -0.3 is 11.1 Å². The summed E-state index contributed by atoms with van der Waals surface area (Å²) in [4.78, 5) is 12.2. The van der Waals surface area contributed by atoms with Crippen molar-refractivity contribution in [2.75, 3.05) is 13.1 Å². The van der Waals surface area contributed by atoms with Gasteiger partial charge in [-0.2, -0.15) is 0 Å².